The van der Waals surface area contributed by atoms with Gasteiger partial charge in [0.2, 0.25) is 0 Å². The van der Waals surface area contributed by atoms with Crippen molar-refractivity contribution in [2.45, 2.75) is 6.61 Å². The highest BCUT2D eigenvalue weighted by Crippen LogP contribution is 2.20. The zero-order valence-corrected chi connectivity index (χ0v) is 11.6. The number of nitrogens with zero attached hydrogens (tertiary/aromatic N) is 1. The van der Waals surface area contributed by atoms with E-state index in [1.165, 1.54) is 48.5 Å². The predicted octanol–water partition coefficient (Wildman–Crippen LogP) is 3.46. The number of nitro benzene ring substituents is 1. The molecule has 6 nitrogen and oxygen atoms in total. The van der Waals surface area contributed by atoms with E-state index in [1.54, 1.807) is 0 Å². The number of alkyl halides is 2. The first-order valence-corrected chi connectivity index (χ1v) is 6.41. The number of ether oxygens (including phenoxy) is 2. The molecule has 0 unspecified atom stereocenters. The SMILES string of the molecule is O=C(COc1cccc([N+](=O)[O-])c1)c1ccc(OC(F)F)cc1. The Bertz CT molecular complexity index is 703. The Hall–Kier alpha value is -3.03. The molecule has 0 radical (unpaired) electrons. The van der Waals surface area contributed by atoms with Crippen LogP contribution in [0.5, 0.6) is 11.5 Å². The van der Waals surface area contributed by atoms with Crippen molar-refractivity contribution in [3.8, 4) is 11.5 Å². The largest absolute Gasteiger partial charge is 0.485 e. The van der Waals surface area contributed by atoms with Crippen LogP contribution in [0.4, 0.5) is 14.5 Å². The second kappa shape index (κ2) is 7.30. The molecule has 0 aliphatic heterocycles. The van der Waals surface area contributed by atoms with E-state index in [0.717, 1.165) is 0 Å². The first-order valence-electron chi connectivity index (χ1n) is 6.41. The van der Waals surface area contributed by atoms with E-state index < -0.39 is 17.3 Å². The van der Waals surface area contributed by atoms with Crippen LogP contribution in [0, 0.1) is 10.1 Å². The predicted molar refractivity (Wildman–Crippen MR) is 76.0 cm³/mol. The zero-order chi connectivity index (χ0) is 16.8. The third-order valence-corrected chi connectivity index (χ3v) is 2.80. The van der Waals surface area contributed by atoms with Crippen LogP contribution in [0.3, 0.4) is 0 Å². The summed E-state index contributed by atoms with van der Waals surface area (Å²) in [5.74, 6) is -0.276. The Morgan fingerprint density at radius 2 is 1.83 bits per heavy atom. The second-order valence-corrected chi connectivity index (χ2v) is 4.37. The molecular weight excluding hydrogens is 312 g/mol. The standard InChI is InChI=1S/C15H11F2NO5/c16-15(17)23-12-6-4-10(5-7-12)14(19)9-22-13-3-1-2-11(8-13)18(20)21/h1-8,15H,9H2. The molecule has 23 heavy (non-hydrogen) atoms. The molecule has 0 fully saturated rings. The van der Waals surface area contributed by atoms with Gasteiger partial charge in [0.05, 0.1) is 11.0 Å². The van der Waals surface area contributed by atoms with Gasteiger partial charge in [-0.1, -0.05) is 6.07 Å². The first kappa shape index (κ1) is 16.3. The molecule has 0 bridgehead atoms. The molecule has 0 N–H and O–H groups in total. The molecule has 120 valence electrons. The summed E-state index contributed by atoms with van der Waals surface area (Å²) < 4.78 is 33.4. The average molecular weight is 323 g/mol. The molecule has 8 heteroatoms. The fraction of sp³-hybridized carbons (Fsp3) is 0.133. The summed E-state index contributed by atoms with van der Waals surface area (Å²) in [4.78, 5) is 22.0. The number of benzene rings is 2. The van der Waals surface area contributed by atoms with Gasteiger partial charge < -0.3 is 9.47 Å². The summed E-state index contributed by atoms with van der Waals surface area (Å²) in [5, 5.41) is 10.6. The molecule has 0 saturated heterocycles. The van der Waals surface area contributed by atoms with Gasteiger partial charge in [0.15, 0.2) is 12.4 Å². The Morgan fingerprint density at radius 1 is 1.13 bits per heavy atom. The normalized spacial score (nSPS) is 10.4. The van der Waals surface area contributed by atoms with Crippen LogP contribution in [0.2, 0.25) is 0 Å². The van der Waals surface area contributed by atoms with Gasteiger partial charge in [-0.15, -0.1) is 0 Å². The van der Waals surface area contributed by atoms with Crippen LogP contribution >= 0.6 is 0 Å². The van der Waals surface area contributed by atoms with Crippen molar-refractivity contribution in [3.05, 3.63) is 64.2 Å². The Morgan fingerprint density at radius 3 is 2.43 bits per heavy atom. The molecule has 2 rings (SSSR count). The smallest absolute Gasteiger partial charge is 0.387 e. The summed E-state index contributed by atoms with van der Waals surface area (Å²) in [6, 6.07) is 10.6. The Balaban J connectivity index is 1.96. The third-order valence-electron chi connectivity index (χ3n) is 2.80. The van der Waals surface area contributed by atoms with E-state index in [0.29, 0.717) is 0 Å². The van der Waals surface area contributed by atoms with Crippen LogP contribution in [-0.2, 0) is 0 Å². The molecule has 0 aliphatic carbocycles. The first-order chi connectivity index (χ1) is 11.0. The lowest BCUT2D eigenvalue weighted by Crippen LogP contribution is -2.11. The minimum atomic E-state index is -2.94. The van der Waals surface area contributed by atoms with Crippen LogP contribution in [0.15, 0.2) is 48.5 Å². The summed E-state index contributed by atoms with van der Waals surface area (Å²) in [7, 11) is 0. The lowest BCUT2D eigenvalue weighted by molar-refractivity contribution is -0.384. The van der Waals surface area contributed by atoms with E-state index >= 15 is 0 Å². The number of non-ortho nitro benzene ring substituents is 1. The lowest BCUT2D eigenvalue weighted by atomic mass is 10.1. The number of carbonyl (C=O) groups excluding carboxylic acids is 1. The fourth-order valence-corrected chi connectivity index (χ4v) is 1.74. The number of hydrogen-bond acceptors (Lipinski definition) is 5. The van der Waals surface area contributed by atoms with Gasteiger partial charge in [-0.2, -0.15) is 8.78 Å². The maximum absolute atomic E-state index is 12.0. The van der Waals surface area contributed by atoms with Crippen LogP contribution in [0.25, 0.3) is 0 Å². The quantitative estimate of drug-likeness (QED) is 0.443. The van der Waals surface area contributed by atoms with Gasteiger partial charge >= 0.3 is 6.61 Å². The van der Waals surface area contributed by atoms with Crippen molar-refractivity contribution in [2.75, 3.05) is 6.61 Å². The van der Waals surface area contributed by atoms with Gasteiger partial charge in [-0.3, -0.25) is 14.9 Å². The van der Waals surface area contributed by atoms with Crippen molar-refractivity contribution >= 4 is 11.5 Å². The molecule has 0 saturated carbocycles. The number of halogens is 2. The molecule has 0 spiro atoms. The highest BCUT2D eigenvalue weighted by atomic mass is 19.3. The maximum Gasteiger partial charge on any atom is 0.387 e. The number of hydrogen-bond donors (Lipinski definition) is 0. The van der Waals surface area contributed by atoms with Crippen LogP contribution < -0.4 is 9.47 Å². The van der Waals surface area contributed by atoms with Crippen molar-refractivity contribution < 1.29 is 28.0 Å². The van der Waals surface area contributed by atoms with Crippen LogP contribution in [0.1, 0.15) is 10.4 Å². The maximum atomic E-state index is 12.0. The minimum absolute atomic E-state index is 0.0591. The fourth-order valence-electron chi connectivity index (χ4n) is 1.74. The summed E-state index contributed by atoms with van der Waals surface area (Å²) in [5.41, 5.74) is 0.0977. The highest BCUT2D eigenvalue weighted by Gasteiger charge is 2.11. The highest BCUT2D eigenvalue weighted by molar-refractivity contribution is 5.97. The Labute approximate surface area is 129 Å². The van der Waals surface area contributed by atoms with E-state index in [-0.39, 0.29) is 29.4 Å². The van der Waals surface area contributed by atoms with Crippen molar-refractivity contribution in [1.29, 1.82) is 0 Å². The Kier molecular flexibility index (Phi) is 5.19. The van der Waals surface area contributed by atoms with E-state index in [9.17, 15) is 23.7 Å². The number of nitro groups is 1. The molecule has 2 aromatic rings. The summed E-state index contributed by atoms with van der Waals surface area (Å²) in [6.45, 7) is -3.27. The van der Waals surface area contributed by atoms with Gasteiger partial charge in [-0.25, -0.2) is 0 Å². The molecule has 0 amide bonds. The van der Waals surface area contributed by atoms with Crippen LogP contribution in [-0.4, -0.2) is 23.9 Å². The lowest BCUT2D eigenvalue weighted by Gasteiger charge is -2.07. The average Bonchev–Trinajstić information content (AvgIpc) is 2.53. The molecule has 0 aromatic heterocycles. The van der Waals surface area contributed by atoms with Gasteiger partial charge in [-0.05, 0) is 30.3 Å². The van der Waals surface area contributed by atoms with E-state index in [1.807, 2.05) is 0 Å². The zero-order valence-electron chi connectivity index (χ0n) is 11.6. The van der Waals surface area contributed by atoms with E-state index in [2.05, 4.69) is 4.74 Å². The van der Waals surface area contributed by atoms with Crippen molar-refractivity contribution in [2.24, 2.45) is 0 Å². The number of rotatable bonds is 7. The van der Waals surface area contributed by atoms with Crippen molar-refractivity contribution in [3.63, 3.8) is 0 Å². The topological polar surface area (TPSA) is 78.7 Å². The summed E-state index contributed by atoms with van der Waals surface area (Å²) >= 11 is 0. The molecule has 0 atom stereocenters. The molecule has 0 heterocycles. The van der Waals surface area contributed by atoms with E-state index in [4.69, 9.17) is 4.74 Å². The second-order valence-electron chi connectivity index (χ2n) is 4.37. The van der Waals surface area contributed by atoms with Gasteiger partial charge in [0, 0.05) is 11.6 Å². The van der Waals surface area contributed by atoms with Gasteiger partial charge in [0.1, 0.15) is 11.5 Å². The minimum Gasteiger partial charge on any atom is -0.485 e. The number of carbonyl (C=O) groups is 1. The molecular formula is C15H11F2NO5. The third kappa shape index (κ3) is 4.73. The number of Topliss-reactive ketones (excluding diaryl/α,β-unsaturated/α-hetero) is 1. The molecule has 0 aliphatic rings. The molecule has 2 aromatic carbocycles. The van der Waals surface area contributed by atoms with Crippen molar-refractivity contribution in [1.82, 2.24) is 0 Å². The summed E-state index contributed by atoms with van der Waals surface area (Å²) in [6.07, 6.45) is 0. The monoisotopic (exact) mass is 323 g/mol. The van der Waals surface area contributed by atoms with Gasteiger partial charge in [0.25, 0.3) is 5.69 Å². The number of ketones is 1.